The predicted molar refractivity (Wildman–Crippen MR) is 60.6 cm³/mol. The van der Waals surface area contributed by atoms with Crippen LogP contribution in [0.4, 0.5) is 5.69 Å². The van der Waals surface area contributed by atoms with Crippen molar-refractivity contribution in [3.8, 4) is 0 Å². The normalized spacial score (nSPS) is 24.5. The standard InChI is InChI=1S/C10H11NO5S/c1-7-4-9(11(12)13)2-3-10(7)8-5-15-17(14)16-6-8/h2-4,8H,5-6H2,1H3. The molecule has 1 aromatic carbocycles. The van der Waals surface area contributed by atoms with Gasteiger partial charge in [-0.2, -0.15) is 4.21 Å². The molecule has 92 valence electrons. The monoisotopic (exact) mass is 257 g/mol. The molecule has 1 aromatic rings. The summed E-state index contributed by atoms with van der Waals surface area (Å²) in [5, 5.41) is 10.6. The van der Waals surface area contributed by atoms with Crippen LogP contribution in [0.15, 0.2) is 18.2 Å². The van der Waals surface area contributed by atoms with Crippen molar-refractivity contribution in [2.24, 2.45) is 0 Å². The molecule has 0 bridgehead atoms. The van der Waals surface area contributed by atoms with Crippen molar-refractivity contribution in [2.45, 2.75) is 12.8 Å². The summed E-state index contributed by atoms with van der Waals surface area (Å²) in [4.78, 5) is 10.2. The Morgan fingerprint density at radius 3 is 2.59 bits per heavy atom. The van der Waals surface area contributed by atoms with Crippen molar-refractivity contribution in [3.05, 3.63) is 39.4 Å². The summed E-state index contributed by atoms with van der Waals surface area (Å²) in [5.74, 6) is -0.0338. The van der Waals surface area contributed by atoms with E-state index in [0.29, 0.717) is 13.2 Å². The molecule has 17 heavy (non-hydrogen) atoms. The van der Waals surface area contributed by atoms with Gasteiger partial charge in [0.05, 0.1) is 18.1 Å². The number of nitrogens with zero attached hydrogens (tertiary/aromatic N) is 1. The van der Waals surface area contributed by atoms with Crippen LogP contribution in [0.25, 0.3) is 0 Å². The minimum atomic E-state index is -1.66. The van der Waals surface area contributed by atoms with Crippen molar-refractivity contribution in [2.75, 3.05) is 13.2 Å². The number of non-ortho nitro benzene ring substituents is 1. The van der Waals surface area contributed by atoms with E-state index < -0.39 is 16.3 Å². The molecular weight excluding hydrogens is 246 g/mol. The van der Waals surface area contributed by atoms with Crippen LogP contribution < -0.4 is 0 Å². The Labute approximate surface area is 101 Å². The highest BCUT2D eigenvalue weighted by Gasteiger charge is 2.23. The zero-order valence-corrected chi connectivity index (χ0v) is 9.94. The Bertz CT molecular complexity index is 466. The van der Waals surface area contributed by atoms with Gasteiger partial charge in [-0.05, 0) is 18.1 Å². The van der Waals surface area contributed by atoms with E-state index in [4.69, 9.17) is 8.37 Å². The first-order valence-corrected chi connectivity index (χ1v) is 6.01. The summed E-state index contributed by atoms with van der Waals surface area (Å²) < 4.78 is 20.6. The van der Waals surface area contributed by atoms with Gasteiger partial charge in [-0.3, -0.25) is 18.5 Å². The van der Waals surface area contributed by atoms with Crippen LogP contribution in [0.3, 0.4) is 0 Å². The fraction of sp³-hybridized carbons (Fsp3) is 0.400. The highest BCUT2D eigenvalue weighted by Crippen LogP contribution is 2.27. The Morgan fingerprint density at radius 2 is 2.06 bits per heavy atom. The van der Waals surface area contributed by atoms with Crippen LogP contribution in [-0.2, 0) is 19.7 Å². The topological polar surface area (TPSA) is 78.7 Å². The predicted octanol–water partition coefficient (Wildman–Crippen LogP) is 1.61. The van der Waals surface area contributed by atoms with E-state index in [-0.39, 0.29) is 11.6 Å². The number of aryl methyl sites for hydroxylation is 1. The van der Waals surface area contributed by atoms with E-state index in [1.54, 1.807) is 13.0 Å². The number of nitro benzene ring substituents is 1. The Morgan fingerprint density at radius 1 is 1.41 bits per heavy atom. The maximum Gasteiger partial charge on any atom is 0.304 e. The molecule has 0 aromatic heterocycles. The second kappa shape index (κ2) is 4.91. The highest BCUT2D eigenvalue weighted by molar-refractivity contribution is 7.75. The van der Waals surface area contributed by atoms with Crippen molar-refractivity contribution in [3.63, 3.8) is 0 Å². The molecule has 0 aliphatic carbocycles. The lowest BCUT2D eigenvalue weighted by Crippen LogP contribution is -2.23. The van der Waals surface area contributed by atoms with Crippen LogP contribution in [0.2, 0.25) is 0 Å². The minimum absolute atomic E-state index is 0.0338. The van der Waals surface area contributed by atoms with Crippen molar-refractivity contribution >= 4 is 17.0 Å². The number of rotatable bonds is 2. The molecule has 1 aliphatic heterocycles. The number of nitro groups is 1. The van der Waals surface area contributed by atoms with Crippen LogP contribution in [0.5, 0.6) is 0 Å². The first-order valence-electron chi connectivity index (χ1n) is 5.01. The third-order valence-electron chi connectivity index (χ3n) is 2.63. The van der Waals surface area contributed by atoms with E-state index in [0.717, 1.165) is 11.1 Å². The molecule has 0 unspecified atom stereocenters. The lowest BCUT2D eigenvalue weighted by Gasteiger charge is -2.22. The molecule has 0 spiro atoms. The molecule has 7 heteroatoms. The van der Waals surface area contributed by atoms with E-state index in [2.05, 4.69) is 0 Å². The number of hydrogen-bond donors (Lipinski definition) is 0. The van der Waals surface area contributed by atoms with E-state index in [1.165, 1.54) is 12.1 Å². The van der Waals surface area contributed by atoms with E-state index in [9.17, 15) is 14.3 Å². The smallest absolute Gasteiger partial charge is 0.268 e. The van der Waals surface area contributed by atoms with Gasteiger partial charge in [0.15, 0.2) is 0 Å². The number of hydrogen-bond acceptors (Lipinski definition) is 5. The molecule has 1 saturated heterocycles. The summed E-state index contributed by atoms with van der Waals surface area (Å²) in [7, 11) is 0. The fourth-order valence-corrected chi connectivity index (χ4v) is 2.39. The van der Waals surface area contributed by atoms with Gasteiger partial charge in [0.1, 0.15) is 0 Å². The Hall–Kier alpha value is -1.31. The number of benzene rings is 1. The van der Waals surface area contributed by atoms with Gasteiger partial charge in [-0.1, -0.05) is 6.07 Å². The Balaban J connectivity index is 2.21. The quantitative estimate of drug-likeness (QED) is 0.594. The van der Waals surface area contributed by atoms with Crippen LogP contribution in [0.1, 0.15) is 17.0 Å². The summed E-state index contributed by atoms with van der Waals surface area (Å²) in [6.07, 6.45) is 0. The summed E-state index contributed by atoms with van der Waals surface area (Å²) in [6, 6.07) is 4.66. The largest absolute Gasteiger partial charge is 0.304 e. The fourth-order valence-electron chi connectivity index (χ4n) is 1.77. The molecule has 0 amide bonds. The molecular formula is C10H11NO5S. The van der Waals surface area contributed by atoms with Crippen LogP contribution in [0, 0.1) is 17.0 Å². The molecule has 1 aliphatic rings. The van der Waals surface area contributed by atoms with Crippen LogP contribution in [-0.4, -0.2) is 22.3 Å². The average Bonchev–Trinajstić information content (AvgIpc) is 2.30. The van der Waals surface area contributed by atoms with Crippen molar-refractivity contribution < 1.29 is 17.5 Å². The van der Waals surface area contributed by atoms with Gasteiger partial charge < -0.3 is 0 Å². The maximum absolute atomic E-state index is 10.8. The molecule has 0 N–H and O–H groups in total. The SMILES string of the molecule is Cc1cc([N+](=O)[O-])ccc1C1COS(=O)OC1. The van der Waals surface area contributed by atoms with Gasteiger partial charge >= 0.3 is 11.4 Å². The molecule has 2 rings (SSSR count). The van der Waals surface area contributed by atoms with Crippen molar-refractivity contribution in [1.82, 2.24) is 0 Å². The molecule has 1 fully saturated rings. The minimum Gasteiger partial charge on any atom is -0.268 e. The Kier molecular flexibility index (Phi) is 3.51. The van der Waals surface area contributed by atoms with E-state index in [1.807, 2.05) is 0 Å². The molecule has 0 saturated carbocycles. The second-order valence-corrected chi connectivity index (χ2v) is 4.65. The average molecular weight is 257 g/mol. The second-order valence-electron chi connectivity index (χ2n) is 3.77. The first kappa shape index (κ1) is 12.2. The van der Waals surface area contributed by atoms with Crippen molar-refractivity contribution in [1.29, 1.82) is 0 Å². The highest BCUT2D eigenvalue weighted by atomic mass is 32.2. The third kappa shape index (κ3) is 2.68. The summed E-state index contributed by atoms with van der Waals surface area (Å²) in [6.45, 7) is 2.39. The lowest BCUT2D eigenvalue weighted by atomic mass is 9.96. The lowest BCUT2D eigenvalue weighted by molar-refractivity contribution is -0.384. The van der Waals surface area contributed by atoms with Gasteiger partial charge in [-0.25, -0.2) is 0 Å². The van der Waals surface area contributed by atoms with Gasteiger partial charge in [0.25, 0.3) is 5.69 Å². The molecule has 0 atom stereocenters. The van der Waals surface area contributed by atoms with Gasteiger partial charge in [-0.15, -0.1) is 0 Å². The summed E-state index contributed by atoms with van der Waals surface area (Å²) >= 11 is -1.66. The van der Waals surface area contributed by atoms with E-state index >= 15 is 0 Å². The van der Waals surface area contributed by atoms with Gasteiger partial charge in [0, 0.05) is 18.1 Å². The molecule has 1 heterocycles. The zero-order chi connectivity index (χ0) is 12.4. The van der Waals surface area contributed by atoms with Gasteiger partial charge in [0.2, 0.25) is 0 Å². The van der Waals surface area contributed by atoms with Crippen LogP contribution >= 0.6 is 0 Å². The summed E-state index contributed by atoms with van der Waals surface area (Å²) in [5.41, 5.74) is 1.80. The maximum atomic E-state index is 10.8. The zero-order valence-electron chi connectivity index (χ0n) is 9.12. The molecule has 6 nitrogen and oxygen atoms in total. The third-order valence-corrected chi connectivity index (χ3v) is 3.29. The molecule has 0 radical (unpaired) electrons. The first-order chi connectivity index (χ1) is 8.08.